The molecule has 0 radical (unpaired) electrons. The molecule has 0 aromatic heterocycles. The third-order valence-electron chi connectivity index (χ3n) is 5.67. The standard InChI is InChI=1S/C19H29NO/c1-18(2,3)14-9-11-19(12-10-14)13-16(20-4)15-7-5-6-8-17(15)21-19/h5-8,14,16,20H,9-13H2,1-4H3. The van der Waals surface area contributed by atoms with E-state index in [1.807, 2.05) is 0 Å². The van der Waals surface area contributed by atoms with Crippen molar-refractivity contribution in [1.29, 1.82) is 0 Å². The van der Waals surface area contributed by atoms with Crippen LogP contribution in [0.5, 0.6) is 5.75 Å². The van der Waals surface area contributed by atoms with E-state index in [0.29, 0.717) is 11.5 Å². The summed E-state index contributed by atoms with van der Waals surface area (Å²) < 4.78 is 6.51. The smallest absolute Gasteiger partial charge is 0.124 e. The molecule has 116 valence electrons. The highest BCUT2D eigenvalue weighted by Crippen LogP contribution is 2.49. The van der Waals surface area contributed by atoms with Crippen LogP contribution in [0.15, 0.2) is 24.3 Å². The molecule has 2 heteroatoms. The molecule has 1 aromatic rings. The van der Waals surface area contributed by atoms with Crippen LogP contribution in [0, 0.1) is 11.3 Å². The van der Waals surface area contributed by atoms with E-state index in [-0.39, 0.29) is 5.60 Å². The van der Waals surface area contributed by atoms with Gasteiger partial charge in [0.15, 0.2) is 0 Å². The molecule has 0 amide bonds. The Balaban J connectivity index is 1.79. The first-order chi connectivity index (χ1) is 9.93. The van der Waals surface area contributed by atoms with E-state index in [1.54, 1.807) is 0 Å². The number of rotatable bonds is 1. The van der Waals surface area contributed by atoms with Crippen LogP contribution in [0.25, 0.3) is 0 Å². The topological polar surface area (TPSA) is 21.3 Å². The third-order valence-corrected chi connectivity index (χ3v) is 5.67. The molecule has 1 N–H and O–H groups in total. The molecule has 1 saturated carbocycles. The van der Waals surface area contributed by atoms with Crippen molar-refractivity contribution in [2.45, 2.75) is 64.5 Å². The predicted molar refractivity (Wildman–Crippen MR) is 87.6 cm³/mol. The number of ether oxygens (including phenoxy) is 1. The molecular formula is C19H29NO. The molecular weight excluding hydrogens is 258 g/mol. The first-order valence-electron chi connectivity index (χ1n) is 8.39. The lowest BCUT2D eigenvalue weighted by atomic mass is 9.66. The van der Waals surface area contributed by atoms with Gasteiger partial charge in [0.1, 0.15) is 11.4 Å². The first-order valence-corrected chi connectivity index (χ1v) is 8.39. The molecule has 21 heavy (non-hydrogen) atoms. The average molecular weight is 287 g/mol. The Bertz CT molecular complexity index is 495. The van der Waals surface area contributed by atoms with Gasteiger partial charge in [-0.2, -0.15) is 0 Å². The molecule has 1 unspecified atom stereocenters. The van der Waals surface area contributed by atoms with Gasteiger partial charge in [-0.25, -0.2) is 0 Å². The van der Waals surface area contributed by atoms with Gasteiger partial charge >= 0.3 is 0 Å². The van der Waals surface area contributed by atoms with E-state index in [0.717, 1.165) is 18.1 Å². The molecule has 1 atom stereocenters. The van der Waals surface area contributed by atoms with Gasteiger partial charge < -0.3 is 10.1 Å². The van der Waals surface area contributed by atoms with Gasteiger partial charge in [-0.15, -0.1) is 0 Å². The fourth-order valence-corrected chi connectivity index (χ4v) is 4.19. The highest BCUT2D eigenvalue weighted by atomic mass is 16.5. The second kappa shape index (κ2) is 5.31. The minimum absolute atomic E-state index is 0.0593. The Labute approximate surface area is 129 Å². The van der Waals surface area contributed by atoms with E-state index < -0.39 is 0 Å². The molecule has 2 aliphatic rings. The second-order valence-electron chi connectivity index (χ2n) is 8.01. The number of fused-ring (bicyclic) bond motifs is 1. The molecule has 0 bridgehead atoms. The maximum atomic E-state index is 6.51. The maximum absolute atomic E-state index is 6.51. The van der Waals surface area contributed by atoms with Gasteiger partial charge in [0.25, 0.3) is 0 Å². The SMILES string of the molecule is CNC1CC2(CCC(C(C)(C)C)CC2)Oc2ccccc21. The molecule has 3 rings (SSSR count). The normalized spacial score (nSPS) is 32.6. The van der Waals surface area contributed by atoms with E-state index in [4.69, 9.17) is 4.74 Å². The van der Waals surface area contributed by atoms with Gasteiger partial charge in [-0.05, 0) is 50.1 Å². The van der Waals surface area contributed by atoms with Gasteiger partial charge in [-0.3, -0.25) is 0 Å². The van der Waals surface area contributed by atoms with Gasteiger partial charge in [-0.1, -0.05) is 39.0 Å². The minimum atomic E-state index is 0.0593. The van der Waals surface area contributed by atoms with Gasteiger partial charge in [0.05, 0.1) is 0 Å². The van der Waals surface area contributed by atoms with Crippen molar-refractivity contribution >= 4 is 0 Å². The van der Waals surface area contributed by atoms with Crippen molar-refractivity contribution in [1.82, 2.24) is 5.32 Å². The number of hydrogen-bond donors (Lipinski definition) is 1. The number of hydrogen-bond acceptors (Lipinski definition) is 2. The summed E-state index contributed by atoms with van der Waals surface area (Å²) in [5, 5.41) is 3.49. The van der Waals surface area contributed by atoms with Crippen LogP contribution in [0.2, 0.25) is 0 Å². The Morgan fingerprint density at radius 1 is 1.14 bits per heavy atom. The fourth-order valence-electron chi connectivity index (χ4n) is 4.19. The zero-order valence-corrected chi connectivity index (χ0v) is 13.9. The van der Waals surface area contributed by atoms with Crippen LogP contribution in [0.1, 0.15) is 64.5 Å². The predicted octanol–water partition coefficient (Wildman–Crippen LogP) is 4.70. The fraction of sp³-hybridized carbons (Fsp3) is 0.684. The number of para-hydroxylation sites is 1. The maximum Gasteiger partial charge on any atom is 0.124 e. The molecule has 2 nitrogen and oxygen atoms in total. The van der Waals surface area contributed by atoms with Gasteiger partial charge in [0, 0.05) is 18.0 Å². The van der Waals surface area contributed by atoms with Crippen LogP contribution in [-0.2, 0) is 0 Å². The van der Waals surface area contributed by atoms with Crippen LogP contribution in [0.3, 0.4) is 0 Å². The van der Waals surface area contributed by atoms with Crippen molar-refractivity contribution in [3.63, 3.8) is 0 Å². The lowest BCUT2D eigenvalue weighted by Crippen LogP contribution is -2.47. The lowest BCUT2D eigenvalue weighted by Gasteiger charge is -2.48. The monoisotopic (exact) mass is 287 g/mol. The van der Waals surface area contributed by atoms with Crippen molar-refractivity contribution in [3.05, 3.63) is 29.8 Å². The van der Waals surface area contributed by atoms with Crippen molar-refractivity contribution in [3.8, 4) is 5.75 Å². The Hall–Kier alpha value is -1.02. The first kappa shape index (κ1) is 14.9. The Morgan fingerprint density at radius 3 is 2.43 bits per heavy atom. The number of benzene rings is 1. The number of nitrogens with one attached hydrogen (secondary N) is 1. The molecule has 0 saturated heterocycles. The molecule has 1 aromatic carbocycles. The molecule has 1 heterocycles. The average Bonchev–Trinajstić information content (AvgIpc) is 2.46. The van der Waals surface area contributed by atoms with Crippen LogP contribution >= 0.6 is 0 Å². The summed E-state index contributed by atoms with van der Waals surface area (Å²) in [5.74, 6) is 1.93. The summed E-state index contributed by atoms with van der Waals surface area (Å²) in [6.45, 7) is 7.13. The summed E-state index contributed by atoms with van der Waals surface area (Å²) in [5.41, 5.74) is 1.81. The molecule has 1 spiro atoms. The highest BCUT2D eigenvalue weighted by Gasteiger charge is 2.44. The Kier molecular flexibility index (Phi) is 3.77. The quantitative estimate of drug-likeness (QED) is 0.808. The van der Waals surface area contributed by atoms with Crippen molar-refractivity contribution in [2.24, 2.45) is 11.3 Å². The lowest BCUT2D eigenvalue weighted by molar-refractivity contribution is -0.0282. The van der Waals surface area contributed by atoms with E-state index >= 15 is 0 Å². The second-order valence-corrected chi connectivity index (χ2v) is 8.01. The zero-order valence-electron chi connectivity index (χ0n) is 13.9. The summed E-state index contributed by atoms with van der Waals surface area (Å²) in [7, 11) is 2.07. The third kappa shape index (κ3) is 2.83. The molecule has 1 aliphatic carbocycles. The minimum Gasteiger partial charge on any atom is -0.487 e. The summed E-state index contributed by atoms with van der Waals surface area (Å²) in [6.07, 6.45) is 6.09. The van der Waals surface area contributed by atoms with E-state index in [9.17, 15) is 0 Å². The zero-order chi connectivity index (χ0) is 15.1. The van der Waals surface area contributed by atoms with E-state index in [1.165, 1.54) is 31.2 Å². The van der Waals surface area contributed by atoms with Crippen LogP contribution < -0.4 is 10.1 Å². The highest BCUT2D eigenvalue weighted by molar-refractivity contribution is 5.39. The summed E-state index contributed by atoms with van der Waals surface area (Å²) >= 11 is 0. The summed E-state index contributed by atoms with van der Waals surface area (Å²) in [4.78, 5) is 0. The van der Waals surface area contributed by atoms with Crippen LogP contribution in [0.4, 0.5) is 0 Å². The largest absolute Gasteiger partial charge is 0.487 e. The van der Waals surface area contributed by atoms with Crippen LogP contribution in [-0.4, -0.2) is 12.6 Å². The van der Waals surface area contributed by atoms with E-state index in [2.05, 4.69) is 57.4 Å². The molecule has 1 fully saturated rings. The van der Waals surface area contributed by atoms with Crippen molar-refractivity contribution in [2.75, 3.05) is 7.05 Å². The Morgan fingerprint density at radius 2 is 1.81 bits per heavy atom. The molecule has 1 aliphatic heterocycles. The van der Waals surface area contributed by atoms with Gasteiger partial charge in [0.2, 0.25) is 0 Å². The van der Waals surface area contributed by atoms with Crippen molar-refractivity contribution < 1.29 is 4.74 Å². The summed E-state index contributed by atoms with van der Waals surface area (Å²) in [6, 6.07) is 8.97.